The van der Waals surface area contributed by atoms with E-state index >= 15 is 0 Å². The predicted octanol–water partition coefficient (Wildman–Crippen LogP) is 4.07. The SMILES string of the molecule is Cc1ccc(OCCN2C(=O)S/C(=C\c3cc(C)n(C)c3C)C2=O)cc1. The van der Waals surface area contributed by atoms with Crippen molar-refractivity contribution in [2.24, 2.45) is 7.05 Å². The molecule has 26 heavy (non-hydrogen) atoms. The van der Waals surface area contributed by atoms with Gasteiger partial charge in [-0.05, 0) is 62.4 Å². The van der Waals surface area contributed by atoms with Crippen molar-refractivity contribution in [1.29, 1.82) is 0 Å². The highest BCUT2D eigenvalue weighted by atomic mass is 32.2. The Kier molecular flexibility index (Phi) is 5.23. The Labute approximate surface area is 157 Å². The first-order valence-electron chi connectivity index (χ1n) is 8.44. The molecular weight excluding hydrogens is 348 g/mol. The van der Waals surface area contributed by atoms with Crippen LogP contribution in [0.3, 0.4) is 0 Å². The van der Waals surface area contributed by atoms with Crippen molar-refractivity contribution in [3.63, 3.8) is 0 Å². The number of imide groups is 1. The molecule has 0 bridgehead atoms. The van der Waals surface area contributed by atoms with Gasteiger partial charge in [-0.3, -0.25) is 14.5 Å². The van der Waals surface area contributed by atoms with Crippen molar-refractivity contribution in [2.75, 3.05) is 13.2 Å². The predicted molar refractivity (Wildman–Crippen MR) is 104 cm³/mol. The van der Waals surface area contributed by atoms with E-state index in [1.807, 2.05) is 58.2 Å². The van der Waals surface area contributed by atoms with Crippen molar-refractivity contribution in [1.82, 2.24) is 9.47 Å². The highest BCUT2D eigenvalue weighted by Gasteiger charge is 2.35. The molecular formula is C20H22N2O3S. The number of hydrogen-bond donors (Lipinski definition) is 0. The molecule has 1 aromatic heterocycles. The average Bonchev–Trinajstić information content (AvgIpc) is 3.01. The zero-order valence-electron chi connectivity index (χ0n) is 15.4. The minimum atomic E-state index is -0.256. The summed E-state index contributed by atoms with van der Waals surface area (Å²) in [5, 5.41) is -0.251. The number of aromatic nitrogens is 1. The van der Waals surface area contributed by atoms with E-state index in [2.05, 4.69) is 4.57 Å². The number of nitrogens with zero attached hydrogens (tertiary/aromatic N) is 2. The third-order valence-corrected chi connectivity index (χ3v) is 5.49. The van der Waals surface area contributed by atoms with E-state index < -0.39 is 0 Å². The third-order valence-electron chi connectivity index (χ3n) is 4.58. The van der Waals surface area contributed by atoms with Gasteiger partial charge >= 0.3 is 0 Å². The summed E-state index contributed by atoms with van der Waals surface area (Å²) in [6.07, 6.45) is 1.80. The first kappa shape index (κ1) is 18.3. The molecule has 0 N–H and O–H groups in total. The van der Waals surface area contributed by atoms with Crippen molar-refractivity contribution in [3.8, 4) is 5.75 Å². The molecule has 0 unspecified atom stereocenters. The second-order valence-corrected chi connectivity index (χ2v) is 7.37. The van der Waals surface area contributed by atoms with E-state index in [1.165, 1.54) is 4.90 Å². The van der Waals surface area contributed by atoms with Crippen LogP contribution in [-0.4, -0.2) is 33.8 Å². The van der Waals surface area contributed by atoms with Gasteiger partial charge in [0, 0.05) is 18.4 Å². The smallest absolute Gasteiger partial charge is 0.293 e. The van der Waals surface area contributed by atoms with Crippen LogP contribution in [0.4, 0.5) is 4.79 Å². The summed E-state index contributed by atoms with van der Waals surface area (Å²) < 4.78 is 7.69. The maximum Gasteiger partial charge on any atom is 0.293 e. The van der Waals surface area contributed by atoms with E-state index in [0.717, 1.165) is 40.0 Å². The highest BCUT2D eigenvalue weighted by molar-refractivity contribution is 8.18. The van der Waals surface area contributed by atoms with Gasteiger partial charge in [-0.1, -0.05) is 17.7 Å². The summed E-state index contributed by atoms with van der Waals surface area (Å²) >= 11 is 0.982. The number of hydrogen-bond acceptors (Lipinski definition) is 4. The van der Waals surface area contributed by atoms with Gasteiger partial charge in [0.05, 0.1) is 11.4 Å². The molecule has 1 saturated heterocycles. The number of thioether (sulfide) groups is 1. The summed E-state index contributed by atoms with van der Waals surface area (Å²) in [5.74, 6) is 0.474. The van der Waals surface area contributed by atoms with E-state index in [0.29, 0.717) is 4.91 Å². The van der Waals surface area contributed by atoms with Crippen LogP contribution in [0, 0.1) is 20.8 Å². The molecule has 2 amide bonds. The van der Waals surface area contributed by atoms with E-state index in [9.17, 15) is 9.59 Å². The van der Waals surface area contributed by atoms with Crippen molar-refractivity contribution < 1.29 is 14.3 Å². The fraction of sp³-hybridized carbons (Fsp3) is 0.300. The summed E-state index contributed by atoms with van der Waals surface area (Å²) in [6, 6.07) is 9.70. The number of rotatable bonds is 5. The largest absolute Gasteiger partial charge is 0.492 e. The van der Waals surface area contributed by atoms with Gasteiger partial charge in [0.25, 0.3) is 11.1 Å². The topological polar surface area (TPSA) is 51.5 Å². The molecule has 0 atom stereocenters. The first-order valence-corrected chi connectivity index (χ1v) is 9.26. The lowest BCUT2D eigenvalue weighted by atomic mass is 10.2. The number of benzene rings is 1. The molecule has 1 aromatic carbocycles. The molecule has 136 valence electrons. The molecule has 2 aromatic rings. The molecule has 6 heteroatoms. The fourth-order valence-corrected chi connectivity index (χ4v) is 3.61. The quantitative estimate of drug-likeness (QED) is 0.745. The van der Waals surface area contributed by atoms with Gasteiger partial charge in [0.1, 0.15) is 12.4 Å². The Hall–Kier alpha value is -2.47. The first-order chi connectivity index (χ1) is 12.4. The third kappa shape index (κ3) is 3.70. The maximum atomic E-state index is 12.6. The lowest BCUT2D eigenvalue weighted by Crippen LogP contribution is -2.32. The number of amides is 2. The number of carbonyl (C=O) groups excluding carboxylic acids is 2. The minimum absolute atomic E-state index is 0.239. The molecule has 1 aliphatic rings. The van der Waals surface area contributed by atoms with Crippen LogP contribution in [0.2, 0.25) is 0 Å². The second kappa shape index (κ2) is 7.41. The molecule has 5 nitrogen and oxygen atoms in total. The normalized spacial score (nSPS) is 16.0. The second-order valence-electron chi connectivity index (χ2n) is 6.38. The van der Waals surface area contributed by atoms with Crippen molar-refractivity contribution in [2.45, 2.75) is 20.8 Å². The van der Waals surface area contributed by atoms with Gasteiger partial charge in [-0.15, -0.1) is 0 Å². The standard InChI is InChI=1S/C20H22N2O3S/c1-13-5-7-17(8-6-13)25-10-9-22-19(23)18(26-20(22)24)12-16-11-14(2)21(4)15(16)3/h5-8,11-12H,9-10H2,1-4H3/b18-12-. The molecule has 1 fully saturated rings. The Morgan fingerprint density at radius 3 is 2.42 bits per heavy atom. The van der Waals surface area contributed by atoms with Gasteiger partial charge in [-0.2, -0.15) is 0 Å². The Morgan fingerprint density at radius 2 is 1.81 bits per heavy atom. The van der Waals surface area contributed by atoms with Crippen molar-refractivity contribution in [3.05, 3.63) is 57.8 Å². The molecule has 0 aliphatic carbocycles. The molecule has 2 heterocycles. The van der Waals surface area contributed by atoms with Crippen LogP contribution in [0.25, 0.3) is 6.08 Å². The summed E-state index contributed by atoms with van der Waals surface area (Å²) in [6.45, 7) is 6.53. The minimum Gasteiger partial charge on any atom is -0.492 e. The number of ether oxygens (including phenoxy) is 1. The molecule has 3 rings (SSSR count). The van der Waals surface area contributed by atoms with E-state index in [4.69, 9.17) is 4.74 Å². The van der Waals surface area contributed by atoms with Gasteiger partial charge in [-0.25, -0.2) is 0 Å². The summed E-state index contributed by atoms with van der Waals surface area (Å²) in [4.78, 5) is 26.5. The lowest BCUT2D eigenvalue weighted by Gasteiger charge is -2.13. The maximum absolute atomic E-state index is 12.6. The monoisotopic (exact) mass is 370 g/mol. The zero-order valence-corrected chi connectivity index (χ0v) is 16.2. The van der Waals surface area contributed by atoms with Gasteiger partial charge in [0.15, 0.2) is 0 Å². The summed E-state index contributed by atoms with van der Waals surface area (Å²) in [7, 11) is 1.98. The van der Waals surface area contributed by atoms with E-state index in [-0.39, 0.29) is 24.3 Å². The van der Waals surface area contributed by atoms with Crippen LogP contribution in [0.1, 0.15) is 22.5 Å². The number of carbonyl (C=O) groups is 2. The zero-order chi connectivity index (χ0) is 18.8. The fourth-order valence-electron chi connectivity index (χ4n) is 2.75. The van der Waals surface area contributed by atoms with Gasteiger partial charge < -0.3 is 9.30 Å². The Bertz CT molecular complexity index is 881. The van der Waals surface area contributed by atoms with Crippen molar-refractivity contribution >= 4 is 29.0 Å². The summed E-state index contributed by atoms with van der Waals surface area (Å²) in [5.41, 5.74) is 4.29. The van der Waals surface area contributed by atoms with Crippen LogP contribution in [0.5, 0.6) is 5.75 Å². The van der Waals surface area contributed by atoms with Crippen LogP contribution < -0.4 is 4.74 Å². The molecule has 0 radical (unpaired) electrons. The van der Waals surface area contributed by atoms with Crippen LogP contribution in [0.15, 0.2) is 35.2 Å². The Balaban J connectivity index is 1.65. The molecule has 1 aliphatic heterocycles. The highest BCUT2D eigenvalue weighted by Crippen LogP contribution is 2.33. The molecule has 0 saturated carbocycles. The van der Waals surface area contributed by atoms with E-state index in [1.54, 1.807) is 6.08 Å². The number of aryl methyl sites for hydroxylation is 2. The van der Waals surface area contributed by atoms with Crippen LogP contribution in [-0.2, 0) is 11.8 Å². The lowest BCUT2D eigenvalue weighted by molar-refractivity contribution is -0.123. The Morgan fingerprint density at radius 1 is 1.12 bits per heavy atom. The van der Waals surface area contributed by atoms with Crippen LogP contribution >= 0.6 is 11.8 Å². The average molecular weight is 370 g/mol. The molecule has 0 spiro atoms. The van der Waals surface area contributed by atoms with Gasteiger partial charge in [0.2, 0.25) is 0 Å².